The van der Waals surface area contributed by atoms with Crippen molar-refractivity contribution in [2.75, 3.05) is 26.7 Å². The topological polar surface area (TPSA) is 69.7 Å². The van der Waals surface area contributed by atoms with Gasteiger partial charge in [0.25, 0.3) is 5.91 Å². The average Bonchev–Trinajstić information content (AvgIpc) is 3.25. The molecule has 1 atom stereocenters. The Kier molecular flexibility index (Phi) is 3.86. The van der Waals surface area contributed by atoms with E-state index >= 15 is 0 Å². The second-order valence-electron chi connectivity index (χ2n) is 7.37. The van der Waals surface area contributed by atoms with E-state index in [0.717, 1.165) is 22.9 Å². The van der Waals surface area contributed by atoms with Crippen LogP contribution in [-0.2, 0) is 15.0 Å². The molecule has 7 heteroatoms. The van der Waals surface area contributed by atoms with E-state index in [2.05, 4.69) is 21.2 Å². The number of carbonyl (C=O) groups excluding carboxylic acids is 3. The third kappa shape index (κ3) is 2.94. The molecule has 1 aromatic carbocycles. The number of hydrogen-bond acceptors (Lipinski definition) is 3. The summed E-state index contributed by atoms with van der Waals surface area (Å²) in [6, 6.07) is 5.59. The van der Waals surface area contributed by atoms with Gasteiger partial charge in [-0.1, -0.05) is 15.9 Å². The van der Waals surface area contributed by atoms with E-state index in [9.17, 15) is 14.4 Å². The maximum Gasteiger partial charge on any atom is 0.254 e. The molecule has 3 amide bonds. The van der Waals surface area contributed by atoms with Gasteiger partial charge in [0.15, 0.2) is 0 Å². The van der Waals surface area contributed by atoms with Crippen LogP contribution < -0.4 is 5.32 Å². The van der Waals surface area contributed by atoms with Crippen LogP contribution in [0.3, 0.4) is 0 Å². The van der Waals surface area contributed by atoms with Gasteiger partial charge in [0.2, 0.25) is 11.8 Å². The molecule has 0 aromatic heterocycles. The summed E-state index contributed by atoms with van der Waals surface area (Å²) in [5.74, 6) is -0.247. The maximum atomic E-state index is 12.8. The van der Waals surface area contributed by atoms with Crippen molar-refractivity contribution >= 4 is 33.7 Å². The van der Waals surface area contributed by atoms with Gasteiger partial charge < -0.3 is 15.1 Å². The molecule has 25 heavy (non-hydrogen) atoms. The molecular formula is C18H20BrN3O3. The first-order chi connectivity index (χ1) is 11.9. The standard InChI is InChI=1S/C18H20BrN3O3/c1-21-8-12(7-16(21)24)20-15(23)9-22-10-18(4-5-18)14-6-11(19)2-3-13(14)17(22)25/h2-3,6,12H,4-5,7-10H2,1H3,(H,20,23)/t12-/m0/s1. The predicted molar refractivity (Wildman–Crippen MR) is 95.1 cm³/mol. The third-order valence-corrected chi connectivity index (χ3v) is 5.95. The molecule has 1 spiro atoms. The predicted octanol–water partition coefficient (Wildman–Crippen LogP) is 1.28. The molecule has 1 saturated heterocycles. The number of halogens is 1. The fourth-order valence-electron chi connectivity index (χ4n) is 3.95. The highest BCUT2D eigenvalue weighted by molar-refractivity contribution is 9.10. The molecule has 0 bridgehead atoms. The fraction of sp³-hybridized carbons (Fsp3) is 0.500. The summed E-state index contributed by atoms with van der Waals surface area (Å²) in [5, 5.41) is 2.89. The SMILES string of the molecule is CN1C[C@@H](NC(=O)CN2CC3(CC3)c3cc(Br)ccc3C2=O)CC1=O. The van der Waals surface area contributed by atoms with Crippen molar-refractivity contribution in [3.63, 3.8) is 0 Å². The van der Waals surface area contributed by atoms with Crippen molar-refractivity contribution < 1.29 is 14.4 Å². The van der Waals surface area contributed by atoms with Gasteiger partial charge in [-0.2, -0.15) is 0 Å². The Morgan fingerprint density at radius 3 is 2.76 bits per heavy atom. The Labute approximate surface area is 154 Å². The van der Waals surface area contributed by atoms with Crippen molar-refractivity contribution in [3.8, 4) is 0 Å². The summed E-state index contributed by atoms with van der Waals surface area (Å²) in [4.78, 5) is 40.0. The monoisotopic (exact) mass is 405 g/mol. The number of hydrogen-bond donors (Lipinski definition) is 1. The Bertz CT molecular complexity index is 775. The van der Waals surface area contributed by atoms with Crippen LogP contribution in [0, 0.1) is 0 Å². The normalized spacial score (nSPS) is 23.8. The van der Waals surface area contributed by atoms with Gasteiger partial charge in [-0.25, -0.2) is 0 Å². The average molecular weight is 406 g/mol. The summed E-state index contributed by atoms with van der Waals surface area (Å²) < 4.78 is 0.978. The van der Waals surface area contributed by atoms with Crippen molar-refractivity contribution in [2.45, 2.75) is 30.7 Å². The molecular weight excluding hydrogens is 386 g/mol. The molecule has 0 unspecified atom stereocenters. The van der Waals surface area contributed by atoms with Crippen molar-refractivity contribution in [1.29, 1.82) is 0 Å². The summed E-state index contributed by atoms with van der Waals surface area (Å²) in [5.41, 5.74) is 1.82. The van der Waals surface area contributed by atoms with Crippen LogP contribution in [0.25, 0.3) is 0 Å². The molecule has 1 saturated carbocycles. The van der Waals surface area contributed by atoms with Crippen LogP contribution in [-0.4, -0.2) is 60.2 Å². The largest absolute Gasteiger partial charge is 0.350 e. The first kappa shape index (κ1) is 16.6. The van der Waals surface area contributed by atoms with Crippen LogP contribution >= 0.6 is 15.9 Å². The van der Waals surface area contributed by atoms with Gasteiger partial charge in [-0.15, -0.1) is 0 Å². The molecule has 1 aliphatic carbocycles. The fourth-order valence-corrected chi connectivity index (χ4v) is 4.31. The minimum atomic E-state index is -0.196. The van der Waals surface area contributed by atoms with Gasteiger partial charge in [0.1, 0.15) is 0 Å². The zero-order valence-electron chi connectivity index (χ0n) is 14.0. The van der Waals surface area contributed by atoms with E-state index in [4.69, 9.17) is 0 Å². The minimum absolute atomic E-state index is 0.0108. The van der Waals surface area contributed by atoms with Gasteiger partial charge in [-0.3, -0.25) is 14.4 Å². The lowest BCUT2D eigenvalue weighted by Crippen LogP contribution is -2.49. The van der Waals surface area contributed by atoms with Crippen molar-refractivity contribution in [2.24, 2.45) is 0 Å². The number of amides is 3. The molecule has 2 heterocycles. The van der Waals surface area contributed by atoms with Gasteiger partial charge in [0.05, 0.1) is 12.6 Å². The number of likely N-dealkylation sites (N-methyl/N-ethyl adjacent to an activating group) is 1. The Morgan fingerprint density at radius 1 is 1.36 bits per heavy atom. The van der Waals surface area contributed by atoms with Crippen LogP contribution in [0.1, 0.15) is 35.2 Å². The highest BCUT2D eigenvalue weighted by atomic mass is 79.9. The highest BCUT2D eigenvalue weighted by Crippen LogP contribution is 2.52. The Morgan fingerprint density at radius 2 is 2.12 bits per heavy atom. The second-order valence-corrected chi connectivity index (χ2v) is 8.29. The van der Waals surface area contributed by atoms with Crippen molar-refractivity contribution in [3.05, 3.63) is 33.8 Å². The number of rotatable bonds is 3. The molecule has 4 rings (SSSR count). The quantitative estimate of drug-likeness (QED) is 0.823. The maximum absolute atomic E-state index is 12.8. The van der Waals surface area contributed by atoms with E-state index in [-0.39, 0.29) is 35.7 Å². The Balaban J connectivity index is 1.47. The second kappa shape index (κ2) is 5.83. The number of benzene rings is 1. The lowest BCUT2D eigenvalue weighted by Gasteiger charge is -2.34. The van der Waals surface area contributed by atoms with Crippen LogP contribution in [0.15, 0.2) is 22.7 Å². The number of fused-ring (bicyclic) bond motifs is 2. The molecule has 2 aliphatic heterocycles. The number of carbonyl (C=O) groups is 3. The molecule has 1 N–H and O–H groups in total. The van der Waals surface area contributed by atoms with Crippen LogP contribution in [0.5, 0.6) is 0 Å². The molecule has 0 radical (unpaired) electrons. The van der Waals surface area contributed by atoms with E-state index < -0.39 is 0 Å². The minimum Gasteiger partial charge on any atom is -0.350 e. The van der Waals surface area contributed by atoms with E-state index in [0.29, 0.717) is 25.1 Å². The number of nitrogens with zero attached hydrogens (tertiary/aromatic N) is 2. The first-order valence-electron chi connectivity index (χ1n) is 8.51. The Hall–Kier alpha value is -1.89. The first-order valence-corrected chi connectivity index (χ1v) is 9.30. The van der Waals surface area contributed by atoms with Crippen LogP contribution in [0.4, 0.5) is 0 Å². The molecule has 6 nitrogen and oxygen atoms in total. The zero-order valence-corrected chi connectivity index (χ0v) is 15.6. The molecule has 132 valence electrons. The van der Waals surface area contributed by atoms with E-state index in [1.165, 1.54) is 0 Å². The van der Waals surface area contributed by atoms with Gasteiger partial charge >= 0.3 is 0 Å². The summed E-state index contributed by atoms with van der Waals surface area (Å²) in [6.45, 7) is 1.16. The smallest absolute Gasteiger partial charge is 0.254 e. The number of nitrogens with one attached hydrogen (secondary N) is 1. The molecule has 1 aromatic rings. The molecule has 2 fully saturated rings. The highest BCUT2D eigenvalue weighted by Gasteiger charge is 2.51. The lowest BCUT2D eigenvalue weighted by molar-refractivity contribution is -0.126. The summed E-state index contributed by atoms with van der Waals surface area (Å²) in [7, 11) is 1.73. The summed E-state index contributed by atoms with van der Waals surface area (Å²) in [6.07, 6.45) is 2.42. The number of likely N-dealkylation sites (tertiary alicyclic amines) is 1. The molecule has 3 aliphatic rings. The van der Waals surface area contributed by atoms with Crippen LogP contribution in [0.2, 0.25) is 0 Å². The van der Waals surface area contributed by atoms with Gasteiger partial charge in [-0.05, 0) is 36.6 Å². The van der Waals surface area contributed by atoms with E-state index in [1.807, 2.05) is 18.2 Å². The van der Waals surface area contributed by atoms with Crippen molar-refractivity contribution in [1.82, 2.24) is 15.1 Å². The summed E-state index contributed by atoms with van der Waals surface area (Å²) >= 11 is 3.48. The third-order valence-electron chi connectivity index (χ3n) is 5.46. The zero-order chi connectivity index (χ0) is 17.8. The van der Waals surface area contributed by atoms with Gasteiger partial charge in [0, 0.05) is 42.0 Å². The lowest BCUT2D eigenvalue weighted by atomic mass is 9.86. The van der Waals surface area contributed by atoms with E-state index in [1.54, 1.807) is 16.8 Å².